The van der Waals surface area contributed by atoms with Crippen LogP contribution < -0.4 is 15.8 Å². The third-order valence-electron chi connectivity index (χ3n) is 4.40. The number of hydrogen-bond acceptors (Lipinski definition) is 3. The van der Waals surface area contributed by atoms with Crippen molar-refractivity contribution in [2.45, 2.75) is 64.4 Å². The fraction of sp³-hybridized carbons (Fsp3) is 0.611. The third kappa shape index (κ3) is 5.63. The van der Waals surface area contributed by atoms with E-state index in [4.69, 9.17) is 10.5 Å². The largest absolute Gasteiger partial charge is 0.491 e. The molecule has 2 rings (SSSR count). The van der Waals surface area contributed by atoms with E-state index in [-0.39, 0.29) is 48.2 Å². The molecule has 0 spiro atoms. The van der Waals surface area contributed by atoms with E-state index in [1.165, 1.54) is 12.1 Å². The first-order chi connectivity index (χ1) is 11.7. The lowest BCUT2D eigenvalue weighted by atomic mass is 9.99. The quantitative estimate of drug-likeness (QED) is 0.816. The molecule has 1 aliphatic carbocycles. The van der Waals surface area contributed by atoms with Crippen LogP contribution in [0.4, 0.5) is 13.2 Å². The maximum atomic E-state index is 13.3. The van der Waals surface area contributed by atoms with E-state index in [0.29, 0.717) is 0 Å². The minimum Gasteiger partial charge on any atom is -0.491 e. The molecule has 2 atom stereocenters. The Labute approximate surface area is 145 Å². The maximum absolute atomic E-state index is 13.3. The van der Waals surface area contributed by atoms with Gasteiger partial charge in [0.25, 0.3) is 0 Å². The molecule has 0 aliphatic heterocycles. The number of benzene rings is 1. The number of ether oxygens (including phenoxy) is 1. The van der Waals surface area contributed by atoms with Crippen molar-refractivity contribution in [1.29, 1.82) is 0 Å². The van der Waals surface area contributed by atoms with Crippen LogP contribution in [-0.4, -0.2) is 18.1 Å². The molecule has 1 aliphatic rings. The zero-order valence-electron chi connectivity index (χ0n) is 14.5. The summed E-state index contributed by atoms with van der Waals surface area (Å²) in [6.07, 6.45) is -1.69. The number of nitrogens with two attached hydrogens (primary N) is 1. The van der Waals surface area contributed by atoms with Crippen LogP contribution in [0.25, 0.3) is 0 Å². The minimum atomic E-state index is -4.51. The number of alkyl halides is 3. The van der Waals surface area contributed by atoms with Crippen LogP contribution in [0, 0.1) is 5.92 Å². The molecule has 1 amide bonds. The van der Waals surface area contributed by atoms with Gasteiger partial charge < -0.3 is 15.8 Å². The fourth-order valence-corrected chi connectivity index (χ4v) is 3.14. The maximum Gasteiger partial charge on any atom is 0.416 e. The van der Waals surface area contributed by atoms with E-state index < -0.39 is 11.7 Å². The molecule has 0 aromatic heterocycles. The van der Waals surface area contributed by atoms with Gasteiger partial charge in [-0.2, -0.15) is 13.2 Å². The number of rotatable bonds is 6. The second-order valence-electron chi connectivity index (χ2n) is 6.82. The highest BCUT2D eigenvalue weighted by molar-refractivity contribution is 5.76. The average molecular weight is 358 g/mol. The highest BCUT2D eigenvalue weighted by atomic mass is 19.4. The van der Waals surface area contributed by atoms with Crippen molar-refractivity contribution in [3.05, 3.63) is 29.3 Å². The van der Waals surface area contributed by atoms with Crippen LogP contribution in [0.5, 0.6) is 5.75 Å². The first-order valence-electron chi connectivity index (χ1n) is 8.56. The molecule has 0 bridgehead atoms. The smallest absolute Gasteiger partial charge is 0.416 e. The molecule has 0 saturated heterocycles. The third-order valence-corrected chi connectivity index (χ3v) is 4.40. The Morgan fingerprint density at radius 3 is 2.64 bits per heavy atom. The molecule has 4 nitrogen and oxygen atoms in total. The van der Waals surface area contributed by atoms with E-state index in [1.54, 1.807) is 13.8 Å². The van der Waals surface area contributed by atoms with Gasteiger partial charge in [0.1, 0.15) is 5.75 Å². The van der Waals surface area contributed by atoms with E-state index >= 15 is 0 Å². The molecule has 3 N–H and O–H groups in total. The van der Waals surface area contributed by atoms with E-state index in [9.17, 15) is 18.0 Å². The molecule has 25 heavy (non-hydrogen) atoms. The summed E-state index contributed by atoms with van der Waals surface area (Å²) >= 11 is 0. The van der Waals surface area contributed by atoms with Crippen molar-refractivity contribution in [2.24, 2.45) is 11.7 Å². The van der Waals surface area contributed by atoms with Crippen molar-refractivity contribution in [1.82, 2.24) is 5.32 Å². The average Bonchev–Trinajstić information content (AvgIpc) is 2.89. The zero-order chi connectivity index (χ0) is 18.6. The Balaban J connectivity index is 2.03. The SMILES string of the molecule is CC(C)Oc1ccc(CNC(=O)C[C@@H]2CCC[C@H]2N)c(C(F)(F)F)c1. The van der Waals surface area contributed by atoms with Gasteiger partial charge in [-0.25, -0.2) is 0 Å². The van der Waals surface area contributed by atoms with Gasteiger partial charge in [-0.15, -0.1) is 0 Å². The summed E-state index contributed by atoms with van der Waals surface area (Å²) < 4.78 is 45.2. The molecule has 7 heteroatoms. The normalized spacial score (nSPS) is 20.8. The van der Waals surface area contributed by atoms with Crippen LogP contribution >= 0.6 is 0 Å². The van der Waals surface area contributed by atoms with Gasteiger partial charge in [0.05, 0.1) is 11.7 Å². The summed E-state index contributed by atoms with van der Waals surface area (Å²) in [5.74, 6) is 0.0104. The second kappa shape index (κ2) is 8.08. The molecule has 0 heterocycles. The van der Waals surface area contributed by atoms with Gasteiger partial charge in [0, 0.05) is 19.0 Å². The van der Waals surface area contributed by atoms with Gasteiger partial charge in [-0.05, 0) is 50.3 Å². The van der Waals surface area contributed by atoms with Crippen LogP contribution in [0.1, 0.15) is 50.7 Å². The van der Waals surface area contributed by atoms with Gasteiger partial charge in [-0.3, -0.25) is 4.79 Å². The Morgan fingerprint density at radius 1 is 1.36 bits per heavy atom. The van der Waals surface area contributed by atoms with Crippen LogP contribution in [-0.2, 0) is 17.5 Å². The second-order valence-corrected chi connectivity index (χ2v) is 6.82. The summed E-state index contributed by atoms with van der Waals surface area (Å²) in [4.78, 5) is 12.0. The molecule has 1 aromatic rings. The predicted octanol–water partition coefficient (Wildman–Crippen LogP) is 3.63. The highest BCUT2D eigenvalue weighted by Gasteiger charge is 2.34. The first-order valence-corrected chi connectivity index (χ1v) is 8.56. The van der Waals surface area contributed by atoms with Crippen LogP contribution in [0.15, 0.2) is 18.2 Å². The van der Waals surface area contributed by atoms with Gasteiger partial charge in [0.15, 0.2) is 0 Å². The van der Waals surface area contributed by atoms with Gasteiger partial charge in [-0.1, -0.05) is 12.5 Å². The molecule has 0 radical (unpaired) electrons. The highest BCUT2D eigenvalue weighted by Crippen LogP contribution is 2.35. The van der Waals surface area contributed by atoms with Crippen molar-refractivity contribution in [2.75, 3.05) is 0 Å². The first kappa shape index (κ1) is 19.6. The van der Waals surface area contributed by atoms with E-state index in [2.05, 4.69) is 5.32 Å². The van der Waals surface area contributed by atoms with Crippen molar-refractivity contribution < 1.29 is 22.7 Å². The number of halogens is 3. The lowest BCUT2D eigenvalue weighted by molar-refractivity contribution is -0.138. The molecule has 140 valence electrons. The standard InChI is InChI=1S/C18H25F3N2O2/c1-11(2)25-14-7-6-13(15(9-14)18(19,20)21)10-23-17(24)8-12-4-3-5-16(12)22/h6-7,9,11-12,16H,3-5,8,10,22H2,1-2H3,(H,23,24)/t12-,16+/m0/s1. The minimum absolute atomic E-state index is 0.00366. The topological polar surface area (TPSA) is 64.3 Å². The van der Waals surface area contributed by atoms with Crippen molar-refractivity contribution in [3.63, 3.8) is 0 Å². The van der Waals surface area contributed by atoms with Gasteiger partial charge >= 0.3 is 6.18 Å². The number of carbonyl (C=O) groups is 1. The summed E-state index contributed by atoms with van der Waals surface area (Å²) in [6, 6.07) is 3.82. The summed E-state index contributed by atoms with van der Waals surface area (Å²) in [5.41, 5.74) is 5.16. The lowest BCUT2D eigenvalue weighted by Crippen LogP contribution is -2.31. The van der Waals surface area contributed by atoms with Crippen molar-refractivity contribution in [3.8, 4) is 5.75 Å². The number of amides is 1. The Bertz CT molecular complexity index is 602. The Kier molecular flexibility index (Phi) is 6.32. The molecule has 1 aromatic carbocycles. The number of carbonyl (C=O) groups excluding carboxylic acids is 1. The van der Waals surface area contributed by atoms with Crippen LogP contribution in [0.2, 0.25) is 0 Å². The number of nitrogens with one attached hydrogen (secondary N) is 1. The Morgan fingerprint density at radius 2 is 2.08 bits per heavy atom. The summed E-state index contributed by atoms with van der Waals surface area (Å²) in [7, 11) is 0. The molecular weight excluding hydrogens is 333 g/mol. The predicted molar refractivity (Wildman–Crippen MR) is 89.0 cm³/mol. The fourth-order valence-electron chi connectivity index (χ4n) is 3.14. The van der Waals surface area contributed by atoms with Crippen LogP contribution in [0.3, 0.4) is 0 Å². The molecule has 1 saturated carbocycles. The lowest BCUT2D eigenvalue weighted by Gasteiger charge is -2.18. The zero-order valence-corrected chi connectivity index (χ0v) is 14.5. The molecule has 0 unspecified atom stereocenters. The monoisotopic (exact) mass is 358 g/mol. The molecule has 1 fully saturated rings. The van der Waals surface area contributed by atoms with E-state index in [1.807, 2.05) is 0 Å². The Hall–Kier alpha value is -1.76. The summed E-state index contributed by atoms with van der Waals surface area (Å²) in [5, 5.41) is 2.58. The van der Waals surface area contributed by atoms with Crippen molar-refractivity contribution >= 4 is 5.91 Å². The van der Waals surface area contributed by atoms with E-state index in [0.717, 1.165) is 25.3 Å². The summed E-state index contributed by atoms with van der Waals surface area (Å²) in [6.45, 7) is 3.32. The number of hydrogen-bond donors (Lipinski definition) is 2. The molecular formula is C18H25F3N2O2. The van der Waals surface area contributed by atoms with Gasteiger partial charge in [0.2, 0.25) is 5.91 Å².